The SMILES string of the molecule is O=C1C(=O)N(CO)CCN1CO. The van der Waals surface area contributed by atoms with E-state index < -0.39 is 25.3 Å². The first-order chi connectivity index (χ1) is 5.70. The third kappa shape index (κ3) is 1.39. The van der Waals surface area contributed by atoms with Crippen LogP contribution < -0.4 is 0 Å². The van der Waals surface area contributed by atoms with E-state index in [0.29, 0.717) is 0 Å². The minimum absolute atomic E-state index is 0.266. The standard InChI is InChI=1S/C6H10N2O4/c9-3-7-1-2-8(4-10)6(12)5(7)11/h9-10H,1-4H2. The molecule has 6 nitrogen and oxygen atoms in total. The highest BCUT2D eigenvalue weighted by Crippen LogP contribution is 2.02. The van der Waals surface area contributed by atoms with Gasteiger partial charge in [0, 0.05) is 13.1 Å². The number of hydrogen-bond donors (Lipinski definition) is 2. The predicted molar refractivity (Wildman–Crippen MR) is 37.6 cm³/mol. The molecule has 1 aliphatic rings. The van der Waals surface area contributed by atoms with Crippen LogP contribution in [-0.2, 0) is 9.59 Å². The number of carbonyl (C=O) groups excluding carboxylic acids is 2. The second kappa shape index (κ2) is 3.51. The minimum Gasteiger partial charge on any atom is -0.376 e. The normalized spacial score (nSPS) is 18.8. The van der Waals surface area contributed by atoms with Crippen molar-refractivity contribution in [2.45, 2.75) is 0 Å². The Bertz CT molecular complexity index is 184. The van der Waals surface area contributed by atoms with Gasteiger partial charge in [0.15, 0.2) is 0 Å². The fraction of sp³-hybridized carbons (Fsp3) is 0.667. The number of nitrogens with zero attached hydrogens (tertiary/aromatic N) is 2. The second-order valence-electron chi connectivity index (χ2n) is 2.42. The molecule has 6 heteroatoms. The van der Waals surface area contributed by atoms with Crippen LogP contribution in [0.15, 0.2) is 0 Å². The number of piperazine rings is 1. The molecular formula is C6H10N2O4. The first-order valence-electron chi connectivity index (χ1n) is 3.50. The Morgan fingerprint density at radius 1 is 1.00 bits per heavy atom. The van der Waals surface area contributed by atoms with Crippen LogP contribution in [0.1, 0.15) is 0 Å². The van der Waals surface area contributed by atoms with E-state index in [9.17, 15) is 9.59 Å². The molecule has 1 heterocycles. The van der Waals surface area contributed by atoms with E-state index in [4.69, 9.17) is 10.2 Å². The quantitative estimate of drug-likeness (QED) is 0.455. The molecule has 1 saturated heterocycles. The summed E-state index contributed by atoms with van der Waals surface area (Å²) >= 11 is 0. The van der Waals surface area contributed by atoms with Gasteiger partial charge in [-0.15, -0.1) is 0 Å². The van der Waals surface area contributed by atoms with Gasteiger partial charge in [0.05, 0.1) is 0 Å². The largest absolute Gasteiger partial charge is 0.376 e. The number of hydrogen-bond acceptors (Lipinski definition) is 4. The number of aliphatic hydroxyl groups excluding tert-OH is 2. The zero-order valence-corrected chi connectivity index (χ0v) is 6.43. The molecule has 0 aromatic heterocycles. The molecule has 1 aliphatic heterocycles. The Labute approximate surface area is 69.0 Å². The van der Waals surface area contributed by atoms with Crippen molar-refractivity contribution in [2.75, 3.05) is 26.6 Å². The second-order valence-corrected chi connectivity index (χ2v) is 2.42. The lowest BCUT2D eigenvalue weighted by atomic mass is 10.3. The van der Waals surface area contributed by atoms with Gasteiger partial charge >= 0.3 is 11.8 Å². The van der Waals surface area contributed by atoms with E-state index in [0.717, 1.165) is 9.80 Å². The summed E-state index contributed by atoms with van der Waals surface area (Å²) in [5.41, 5.74) is 0. The number of aliphatic hydroxyl groups is 2. The summed E-state index contributed by atoms with van der Waals surface area (Å²) in [6.45, 7) is -0.378. The lowest BCUT2D eigenvalue weighted by molar-refractivity contribution is -0.161. The van der Waals surface area contributed by atoms with Gasteiger partial charge in [-0.3, -0.25) is 9.59 Å². The smallest absolute Gasteiger partial charge is 0.314 e. The van der Waals surface area contributed by atoms with Gasteiger partial charge in [-0.1, -0.05) is 0 Å². The summed E-state index contributed by atoms with van der Waals surface area (Å²) in [5, 5.41) is 17.2. The maximum absolute atomic E-state index is 11.0. The average molecular weight is 174 g/mol. The third-order valence-electron chi connectivity index (χ3n) is 1.74. The molecule has 0 saturated carbocycles. The van der Waals surface area contributed by atoms with Gasteiger partial charge < -0.3 is 20.0 Å². The highest BCUT2D eigenvalue weighted by atomic mass is 16.3. The predicted octanol–water partition coefficient (Wildman–Crippen LogP) is -2.44. The number of amides is 2. The first kappa shape index (κ1) is 8.95. The van der Waals surface area contributed by atoms with Gasteiger partial charge in [0.25, 0.3) is 0 Å². The van der Waals surface area contributed by atoms with Crippen LogP contribution in [0.2, 0.25) is 0 Å². The summed E-state index contributed by atoms with van der Waals surface area (Å²) in [4.78, 5) is 24.0. The van der Waals surface area contributed by atoms with Crippen LogP contribution in [-0.4, -0.2) is 58.4 Å². The minimum atomic E-state index is -0.766. The summed E-state index contributed by atoms with van der Waals surface area (Å²) in [7, 11) is 0. The lowest BCUT2D eigenvalue weighted by Gasteiger charge is -2.30. The summed E-state index contributed by atoms with van der Waals surface area (Å²) in [6, 6.07) is 0. The van der Waals surface area contributed by atoms with E-state index in [1.807, 2.05) is 0 Å². The molecule has 0 bridgehead atoms. The summed E-state index contributed by atoms with van der Waals surface area (Å²) in [6.07, 6.45) is 0. The van der Waals surface area contributed by atoms with Crippen LogP contribution in [0, 0.1) is 0 Å². The average Bonchev–Trinajstić information content (AvgIpc) is 2.10. The van der Waals surface area contributed by atoms with Crippen molar-refractivity contribution in [2.24, 2.45) is 0 Å². The van der Waals surface area contributed by atoms with Crippen molar-refractivity contribution >= 4 is 11.8 Å². The van der Waals surface area contributed by atoms with E-state index in [1.165, 1.54) is 0 Å². The van der Waals surface area contributed by atoms with Gasteiger partial charge in [-0.2, -0.15) is 0 Å². The fourth-order valence-electron chi connectivity index (χ4n) is 0.985. The maximum Gasteiger partial charge on any atom is 0.314 e. The fourth-order valence-corrected chi connectivity index (χ4v) is 0.985. The van der Waals surface area contributed by atoms with Crippen molar-refractivity contribution in [3.05, 3.63) is 0 Å². The van der Waals surface area contributed by atoms with Crippen molar-refractivity contribution in [3.63, 3.8) is 0 Å². The van der Waals surface area contributed by atoms with Gasteiger partial charge in [-0.25, -0.2) is 0 Å². The van der Waals surface area contributed by atoms with Crippen LogP contribution >= 0.6 is 0 Å². The molecule has 0 aromatic rings. The molecule has 68 valence electrons. The van der Waals surface area contributed by atoms with Crippen LogP contribution in [0.3, 0.4) is 0 Å². The maximum atomic E-state index is 11.0. The zero-order valence-electron chi connectivity index (χ0n) is 6.43. The van der Waals surface area contributed by atoms with Crippen LogP contribution in [0.25, 0.3) is 0 Å². The van der Waals surface area contributed by atoms with E-state index >= 15 is 0 Å². The van der Waals surface area contributed by atoms with Crippen LogP contribution in [0.5, 0.6) is 0 Å². The first-order valence-corrected chi connectivity index (χ1v) is 3.50. The number of rotatable bonds is 2. The van der Waals surface area contributed by atoms with Crippen LogP contribution in [0.4, 0.5) is 0 Å². The molecule has 2 amide bonds. The molecule has 1 fully saturated rings. The van der Waals surface area contributed by atoms with Gasteiger partial charge in [-0.05, 0) is 0 Å². The molecule has 0 unspecified atom stereocenters. The Morgan fingerprint density at radius 3 is 1.58 bits per heavy atom. The van der Waals surface area contributed by atoms with Crippen molar-refractivity contribution in [3.8, 4) is 0 Å². The molecule has 0 spiro atoms. The molecule has 0 radical (unpaired) electrons. The molecule has 2 N–H and O–H groups in total. The Kier molecular flexibility index (Phi) is 2.61. The van der Waals surface area contributed by atoms with E-state index in [2.05, 4.69) is 0 Å². The molecule has 0 aliphatic carbocycles. The molecule has 12 heavy (non-hydrogen) atoms. The highest BCUT2D eigenvalue weighted by Gasteiger charge is 2.31. The monoisotopic (exact) mass is 174 g/mol. The topological polar surface area (TPSA) is 81.1 Å². The van der Waals surface area contributed by atoms with Crippen molar-refractivity contribution in [1.29, 1.82) is 0 Å². The molecule has 0 atom stereocenters. The van der Waals surface area contributed by atoms with Crippen molar-refractivity contribution in [1.82, 2.24) is 9.80 Å². The molecule has 1 rings (SSSR count). The highest BCUT2D eigenvalue weighted by molar-refractivity contribution is 6.35. The van der Waals surface area contributed by atoms with E-state index in [-0.39, 0.29) is 13.1 Å². The lowest BCUT2D eigenvalue weighted by Crippen LogP contribution is -2.54. The Balaban J connectivity index is 2.65. The van der Waals surface area contributed by atoms with Gasteiger partial charge in [0.2, 0.25) is 0 Å². The van der Waals surface area contributed by atoms with E-state index in [1.54, 1.807) is 0 Å². The molecular weight excluding hydrogens is 164 g/mol. The Hall–Kier alpha value is -1.14. The third-order valence-corrected chi connectivity index (χ3v) is 1.74. The Morgan fingerprint density at radius 2 is 1.33 bits per heavy atom. The summed E-state index contributed by atoms with van der Waals surface area (Å²) < 4.78 is 0. The summed E-state index contributed by atoms with van der Waals surface area (Å²) in [5.74, 6) is -1.53. The van der Waals surface area contributed by atoms with Gasteiger partial charge in [0.1, 0.15) is 13.5 Å². The van der Waals surface area contributed by atoms with Crippen molar-refractivity contribution < 1.29 is 19.8 Å². The zero-order chi connectivity index (χ0) is 9.14. The number of carbonyl (C=O) groups is 2. The molecule has 0 aromatic carbocycles.